The number of carbonyl (C=O) groups excluding carboxylic acids is 2. The maximum absolute atomic E-state index is 12.4. The van der Waals surface area contributed by atoms with Crippen LogP contribution in [-0.2, 0) is 4.74 Å². The van der Waals surface area contributed by atoms with Crippen LogP contribution in [0, 0.1) is 0 Å². The minimum atomic E-state index is -0.383. The fourth-order valence-corrected chi connectivity index (χ4v) is 3.00. The zero-order valence-corrected chi connectivity index (χ0v) is 13.5. The first-order valence-electron chi connectivity index (χ1n) is 8.21. The van der Waals surface area contributed by atoms with Crippen molar-refractivity contribution in [1.82, 2.24) is 20.1 Å². The Morgan fingerprint density at radius 3 is 2.50 bits per heavy atom. The van der Waals surface area contributed by atoms with Crippen molar-refractivity contribution < 1.29 is 19.4 Å². The van der Waals surface area contributed by atoms with Crippen molar-refractivity contribution in [3.05, 3.63) is 24.0 Å². The van der Waals surface area contributed by atoms with E-state index in [2.05, 4.69) is 10.3 Å². The first kappa shape index (κ1) is 16.5. The van der Waals surface area contributed by atoms with Crippen molar-refractivity contribution >= 4 is 11.9 Å². The first-order valence-corrected chi connectivity index (χ1v) is 8.21. The molecule has 0 spiro atoms. The van der Waals surface area contributed by atoms with Crippen molar-refractivity contribution in [3.63, 3.8) is 0 Å². The highest BCUT2D eigenvalue weighted by atomic mass is 16.5. The number of amides is 3. The number of morpholine rings is 1. The van der Waals surface area contributed by atoms with Crippen LogP contribution < -0.4 is 5.32 Å². The molecule has 2 aliphatic rings. The predicted molar refractivity (Wildman–Crippen MR) is 85.8 cm³/mol. The topological polar surface area (TPSA) is 95.0 Å². The molecule has 8 nitrogen and oxygen atoms in total. The van der Waals surface area contributed by atoms with E-state index < -0.39 is 0 Å². The van der Waals surface area contributed by atoms with Crippen molar-refractivity contribution in [2.24, 2.45) is 0 Å². The second kappa shape index (κ2) is 7.48. The van der Waals surface area contributed by atoms with E-state index in [1.807, 2.05) is 9.80 Å². The number of aromatic nitrogens is 1. The van der Waals surface area contributed by atoms with Gasteiger partial charge in [-0.25, -0.2) is 9.78 Å². The molecule has 0 saturated carbocycles. The normalized spacial score (nSPS) is 19.2. The van der Waals surface area contributed by atoms with Gasteiger partial charge in [0.05, 0.1) is 13.2 Å². The summed E-state index contributed by atoms with van der Waals surface area (Å²) < 4.78 is 5.26. The van der Waals surface area contributed by atoms with Gasteiger partial charge in [0.1, 0.15) is 5.75 Å². The van der Waals surface area contributed by atoms with Crippen LogP contribution in [0.1, 0.15) is 23.3 Å². The van der Waals surface area contributed by atoms with Crippen LogP contribution in [0.5, 0.6) is 5.75 Å². The van der Waals surface area contributed by atoms with Crippen LogP contribution in [0.2, 0.25) is 0 Å². The van der Waals surface area contributed by atoms with Gasteiger partial charge in [0, 0.05) is 38.4 Å². The summed E-state index contributed by atoms with van der Waals surface area (Å²) >= 11 is 0. The number of nitrogens with one attached hydrogen (secondary N) is 1. The number of nitrogens with zero attached hydrogens (tertiary/aromatic N) is 3. The number of likely N-dealkylation sites (tertiary alicyclic amines) is 1. The molecule has 1 aromatic heterocycles. The predicted octanol–water partition coefficient (Wildman–Crippen LogP) is 0.434. The van der Waals surface area contributed by atoms with Gasteiger partial charge in [-0.2, -0.15) is 0 Å². The van der Waals surface area contributed by atoms with E-state index in [4.69, 9.17) is 4.74 Å². The Bertz CT molecular complexity index is 595. The summed E-state index contributed by atoms with van der Waals surface area (Å²) in [5.74, 6) is -0.513. The lowest BCUT2D eigenvalue weighted by Crippen LogP contribution is -2.52. The smallest absolute Gasteiger partial charge is 0.320 e. The van der Waals surface area contributed by atoms with Crippen LogP contribution in [0.3, 0.4) is 0 Å². The number of carbonyl (C=O) groups is 2. The maximum Gasteiger partial charge on any atom is 0.320 e. The van der Waals surface area contributed by atoms with E-state index in [0.717, 1.165) is 0 Å². The van der Waals surface area contributed by atoms with E-state index in [9.17, 15) is 14.7 Å². The minimum absolute atomic E-state index is 0.0207. The summed E-state index contributed by atoms with van der Waals surface area (Å²) in [6, 6.07) is 3.03. The first-order chi connectivity index (χ1) is 11.6. The van der Waals surface area contributed by atoms with Crippen LogP contribution in [0.25, 0.3) is 0 Å². The zero-order valence-electron chi connectivity index (χ0n) is 13.5. The Hall–Kier alpha value is -2.35. The Morgan fingerprint density at radius 1 is 1.17 bits per heavy atom. The van der Waals surface area contributed by atoms with Gasteiger partial charge in [-0.15, -0.1) is 0 Å². The van der Waals surface area contributed by atoms with E-state index in [-0.39, 0.29) is 29.4 Å². The molecule has 2 N–H and O–H groups in total. The number of ether oxygens (including phenoxy) is 1. The van der Waals surface area contributed by atoms with Crippen LogP contribution in [-0.4, -0.2) is 77.3 Å². The Morgan fingerprint density at radius 2 is 1.83 bits per heavy atom. The lowest BCUT2D eigenvalue weighted by atomic mass is 10.0. The SMILES string of the molecule is O=C(NC1CCN(C(=O)N2CCOCC2)CC1)c1ncccc1O. The monoisotopic (exact) mass is 334 g/mol. The van der Waals surface area contributed by atoms with Gasteiger partial charge in [-0.1, -0.05) is 0 Å². The molecule has 0 radical (unpaired) electrons. The fourth-order valence-electron chi connectivity index (χ4n) is 3.00. The van der Waals surface area contributed by atoms with E-state index >= 15 is 0 Å². The lowest BCUT2D eigenvalue weighted by Gasteiger charge is -2.37. The van der Waals surface area contributed by atoms with Crippen molar-refractivity contribution in [2.45, 2.75) is 18.9 Å². The van der Waals surface area contributed by atoms with E-state index in [1.165, 1.54) is 12.3 Å². The Balaban J connectivity index is 1.49. The number of piperidine rings is 1. The van der Waals surface area contributed by atoms with Gasteiger partial charge in [0.25, 0.3) is 5.91 Å². The summed E-state index contributed by atoms with van der Waals surface area (Å²) in [5, 5.41) is 12.6. The quantitative estimate of drug-likeness (QED) is 0.818. The highest BCUT2D eigenvalue weighted by Crippen LogP contribution is 2.16. The molecule has 3 rings (SSSR count). The molecule has 0 bridgehead atoms. The number of hydrogen-bond donors (Lipinski definition) is 2. The maximum atomic E-state index is 12.4. The van der Waals surface area contributed by atoms with Gasteiger partial charge in [-0.3, -0.25) is 4.79 Å². The highest BCUT2D eigenvalue weighted by Gasteiger charge is 2.28. The summed E-state index contributed by atoms with van der Waals surface area (Å²) in [7, 11) is 0. The molecule has 1 aromatic rings. The Labute approximate surface area is 140 Å². The fraction of sp³-hybridized carbons (Fsp3) is 0.562. The van der Waals surface area contributed by atoms with Gasteiger partial charge in [0.2, 0.25) is 0 Å². The third-order valence-electron chi connectivity index (χ3n) is 4.38. The molecule has 3 amide bonds. The molecule has 0 aromatic carbocycles. The van der Waals surface area contributed by atoms with Crippen molar-refractivity contribution in [2.75, 3.05) is 39.4 Å². The van der Waals surface area contributed by atoms with Crippen molar-refractivity contribution in [3.8, 4) is 5.75 Å². The molecule has 3 heterocycles. The molecule has 2 fully saturated rings. The van der Waals surface area contributed by atoms with E-state index in [0.29, 0.717) is 52.2 Å². The lowest BCUT2D eigenvalue weighted by molar-refractivity contribution is 0.0407. The standard InChI is InChI=1S/C16H22N4O4/c21-13-2-1-5-17-14(13)15(22)18-12-3-6-19(7-4-12)16(23)20-8-10-24-11-9-20/h1-2,5,12,21H,3-4,6-11H2,(H,18,22). The van der Waals surface area contributed by atoms with Crippen LogP contribution >= 0.6 is 0 Å². The van der Waals surface area contributed by atoms with Gasteiger partial charge >= 0.3 is 6.03 Å². The highest BCUT2D eigenvalue weighted by molar-refractivity contribution is 5.94. The summed E-state index contributed by atoms with van der Waals surface area (Å²) in [6.07, 6.45) is 2.85. The molecule has 130 valence electrons. The average Bonchev–Trinajstić information content (AvgIpc) is 2.63. The molecule has 24 heavy (non-hydrogen) atoms. The second-order valence-corrected chi connectivity index (χ2v) is 5.99. The molecule has 0 atom stereocenters. The minimum Gasteiger partial charge on any atom is -0.505 e. The number of pyridine rings is 1. The average molecular weight is 334 g/mol. The molecule has 2 aliphatic heterocycles. The van der Waals surface area contributed by atoms with E-state index in [1.54, 1.807) is 6.07 Å². The molecular weight excluding hydrogens is 312 g/mol. The molecule has 2 saturated heterocycles. The number of aromatic hydroxyl groups is 1. The molecule has 0 aliphatic carbocycles. The summed E-state index contributed by atoms with van der Waals surface area (Å²) in [6.45, 7) is 3.66. The summed E-state index contributed by atoms with van der Waals surface area (Å²) in [4.78, 5) is 32.1. The second-order valence-electron chi connectivity index (χ2n) is 5.99. The zero-order chi connectivity index (χ0) is 16.9. The number of hydrogen-bond acceptors (Lipinski definition) is 5. The van der Waals surface area contributed by atoms with Crippen LogP contribution in [0.15, 0.2) is 18.3 Å². The third kappa shape index (κ3) is 3.76. The molecule has 8 heteroatoms. The van der Waals surface area contributed by atoms with Crippen LogP contribution in [0.4, 0.5) is 4.79 Å². The molecular formula is C16H22N4O4. The van der Waals surface area contributed by atoms with Gasteiger partial charge in [0.15, 0.2) is 5.69 Å². The Kier molecular flexibility index (Phi) is 5.14. The summed E-state index contributed by atoms with van der Waals surface area (Å²) in [5.41, 5.74) is 0.0318. The number of urea groups is 1. The largest absolute Gasteiger partial charge is 0.505 e. The van der Waals surface area contributed by atoms with Gasteiger partial charge in [-0.05, 0) is 25.0 Å². The number of rotatable bonds is 2. The van der Waals surface area contributed by atoms with Crippen molar-refractivity contribution in [1.29, 1.82) is 0 Å². The molecule has 0 unspecified atom stereocenters. The third-order valence-corrected chi connectivity index (χ3v) is 4.38. The van der Waals surface area contributed by atoms with Gasteiger partial charge < -0.3 is 25.0 Å².